The minimum Gasteiger partial charge on any atom is -0.305 e. The second kappa shape index (κ2) is 7.73. The van der Waals surface area contributed by atoms with Crippen LogP contribution in [0.25, 0.3) is 0 Å². The van der Waals surface area contributed by atoms with Gasteiger partial charge < -0.3 is 9.80 Å². The molecule has 0 amide bonds. The zero-order valence-corrected chi connectivity index (χ0v) is 12.3. The van der Waals surface area contributed by atoms with Crippen LogP contribution in [0, 0.1) is 11.3 Å². The highest BCUT2D eigenvalue weighted by Crippen LogP contribution is 2.15. The molecule has 0 aliphatic carbocycles. The number of nitriles is 1. The number of nitrogens with zero attached hydrogens (tertiary/aromatic N) is 3. The summed E-state index contributed by atoms with van der Waals surface area (Å²) >= 11 is 0. The Labute approximate surface area is 112 Å². The van der Waals surface area contributed by atoms with E-state index in [4.69, 9.17) is 5.26 Å². The van der Waals surface area contributed by atoms with Gasteiger partial charge in [0.1, 0.15) is 0 Å². The highest BCUT2D eigenvalue weighted by atomic mass is 15.2. The van der Waals surface area contributed by atoms with Gasteiger partial charge in [0.05, 0.1) is 12.1 Å². The van der Waals surface area contributed by atoms with Crippen molar-refractivity contribution in [2.24, 2.45) is 0 Å². The molecule has 1 rings (SSSR count). The van der Waals surface area contributed by atoms with Crippen molar-refractivity contribution in [3.8, 4) is 6.07 Å². The van der Waals surface area contributed by atoms with Gasteiger partial charge in [-0.25, -0.2) is 0 Å². The molecule has 4 nitrogen and oxygen atoms in total. The molecule has 0 aromatic carbocycles. The summed E-state index contributed by atoms with van der Waals surface area (Å²) in [4.78, 5) is 4.81. The molecule has 2 unspecified atom stereocenters. The Morgan fingerprint density at radius 2 is 2.22 bits per heavy atom. The van der Waals surface area contributed by atoms with Crippen LogP contribution >= 0.6 is 0 Å². The summed E-state index contributed by atoms with van der Waals surface area (Å²) in [6.45, 7) is 7.51. The molecule has 0 bridgehead atoms. The topological polar surface area (TPSA) is 42.3 Å². The number of hydrogen-bond donors (Lipinski definition) is 1. The summed E-state index contributed by atoms with van der Waals surface area (Å²) in [5.74, 6) is 0. The fourth-order valence-electron chi connectivity index (χ4n) is 2.60. The van der Waals surface area contributed by atoms with E-state index in [2.05, 4.69) is 49.1 Å². The van der Waals surface area contributed by atoms with Crippen LogP contribution in [0.4, 0.5) is 0 Å². The van der Waals surface area contributed by atoms with Crippen LogP contribution in [-0.4, -0.2) is 61.7 Å². The molecule has 104 valence electrons. The van der Waals surface area contributed by atoms with Crippen molar-refractivity contribution in [1.29, 1.82) is 5.26 Å². The van der Waals surface area contributed by atoms with Gasteiger partial charge in [-0.2, -0.15) is 5.26 Å². The van der Waals surface area contributed by atoms with E-state index >= 15 is 0 Å². The van der Waals surface area contributed by atoms with Gasteiger partial charge in [-0.1, -0.05) is 0 Å². The van der Waals surface area contributed by atoms with Gasteiger partial charge in [-0.05, 0) is 53.8 Å². The predicted octanol–water partition coefficient (Wildman–Crippen LogP) is 1.29. The molecule has 4 heteroatoms. The van der Waals surface area contributed by atoms with Crippen LogP contribution in [0.3, 0.4) is 0 Å². The van der Waals surface area contributed by atoms with Crippen molar-refractivity contribution in [1.82, 2.24) is 15.1 Å². The van der Waals surface area contributed by atoms with Gasteiger partial charge >= 0.3 is 0 Å². The van der Waals surface area contributed by atoms with E-state index in [9.17, 15) is 0 Å². The maximum Gasteiger partial charge on any atom is 0.0967 e. The minimum atomic E-state index is -0.0197. The fraction of sp³-hybridized carbons (Fsp3) is 0.929. The third-order valence-corrected chi connectivity index (χ3v) is 3.68. The Balaban J connectivity index is 2.23. The van der Waals surface area contributed by atoms with Crippen molar-refractivity contribution in [3.63, 3.8) is 0 Å². The first-order chi connectivity index (χ1) is 8.52. The second-order valence-corrected chi connectivity index (χ2v) is 5.83. The monoisotopic (exact) mass is 252 g/mol. The van der Waals surface area contributed by atoms with Crippen LogP contribution < -0.4 is 5.32 Å². The van der Waals surface area contributed by atoms with E-state index in [0.29, 0.717) is 12.1 Å². The van der Waals surface area contributed by atoms with Gasteiger partial charge in [0, 0.05) is 25.2 Å². The molecule has 0 aromatic heterocycles. The lowest BCUT2D eigenvalue weighted by atomic mass is 10.1. The van der Waals surface area contributed by atoms with E-state index in [-0.39, 0.29) is 6.04 Å². The summed E-state index contributed by atoms with van der Waals surface area (Å²) in [7, 11) is 4.37. The quantitative estimate of drug-likeness (QED) is 0.741. The molecule has 1 saturated heterocycles. The third-order valence-electron chi connectivity index (χ3n) is 3.68. The largest absolute Gasteiger partial charge is 0.305 e. The predicted molar refractivity (Wildman–Crippen MR) is 75.4 cm³/mol. The number of likely N-dealkylation sites (tertiary alicyclic amines) is 1. The zero-order valence-electron chi connectivity index (χ0n) is 12.3. The lowest BCUT2D eigenvalue weighted by Gasteiger charge is -2.26. The molecule has 2 atom stereocenters. The molecular weight excluding hydrogens is 224 g/mol. The van der Waals surface area contributed by atoms with Gasteiger partial charge in [-0.15, -0.1) is 0 Å². The first-order valence-corrected chi connectivity index (χ1v) is 7.07. The Hall–Kier alpha value is -0.630. The van der Waals surface area contributed by atoms with Crippen molar-refractivity contribution < 1.29 is 0 Å². The average Bonchev–Trinajstić information content (AvgIpc) is 2.70. The highest BCUT2D eigenvalue weighted by Gasteiger charge is 2.22. The van der Waals surface area contributed by atoms with Gasteiger partial charge in [0.2, 0.25) is 0 Å². The number of nitrogens with one attached hydrogen (secondary N) is 1. The highest BCUT2D eigenvalue weighted by molar-refractivity contribution is 4.91. The molecule has 0 saturated carbocycles. The molecule has 1 heterocycles. The van der Waals surface area contributed by atoms with Gasteiger partial charge in [-0.3, -0.25) is 5.32 Å². The van der Waals surface area contributed by atoms with Crippen LogP contribution in [0.2, 0.25) is 0 Å². The average molecular weight is 252 g/mol. The first kappa shape index (κ1) is 15.4. The molecule has 1 N–H and O–H groups in total. The van der Waals surface area contributed by atoms with Gasteiger partial charge in [0.15, 0.2) is 0 Å². The van der Waals surface area contributed by atoms with E-state index in [1.165, 1.54) is 19.4 Å². The Morgan fingerprint density at radius 3 is 2.72 bits per heavy atom. The number of rotatable bonds is 7. The Bertz CT molecular complexity index is 271. The summed E-state index contributed by atoms with van der Waals surface area (Å²) < 4.78 is 0. The van der Waals surface area contributed by atoms with Crippen molar-refractivity contribution in [3.05, 3.63) is 0 Å². The minimum absolute atomic E-state index is 0.0197. The smallest absolute Gasteiger partial charge is 0.0967 e. The van der Waals surface area contributed by atoms with Crippen LogP contribution in [0.15, 0.2) is 0 Å². The summed E-state index contributed by atoms with van der Waals surface area (Å²) in [6.07, 6.45) is 3.54. The maximum absolute atomic E-state index is 9.07. The second-order valence-electron chi connectivity index (χ2n) is 5.83. The SMILES string of the molecule is CC(C)NC(C#N)CCN(C)CC1CCCN1C. The normalized spacial score (nSPS) is 22.6. The van der Waals surface area contributed by atoms with Gasteiger partial charge in [0.25, 0.3) is 0 Å². The zero-order chi connectivity index (χ0) is 13.5. The van der Waals surface area contributed by atoms with Crippen molar-refractivity contribution in [2.75, 3.05) is 33.7 Å². The molecule has 1 aliphatic heterocycles. The third kappa shape index (κ3) is 5.34. The summed E-state index contributed by atoms with van der Waals surface area (Å²) in [5.41, 5.74) is 0. The maximum atomic E-state index is 9.07. The van der Waals surface area contributed by atoms with Crippen molar-refractivity contribution in [2.45, 2.75) is 51.2 Å². The van der Waals surface area contributed by atoms with Crippen LogP contribution in [-0.2, 0) is 0 Å². The van der Waals surface area contributed by atoms with Crippen molar-refractivity contribution >= 4 is 0 Å². The van der Waals surface area contributed by atoms with Crippen LogP contribution in [0.5, 0.6) is 0 Å². The van der Waals surface area contributed by atoms with E-state index in [1.807, 2.05) is 0 Å². The van der Waals surface area contributed by atoms with E-state index in [1.54, 1.807) is 0 Å². The molecule has 0 aromatic rings. The fourth-order valence-corrected chi connectivity index (χ4v) is 2.60. The lowest BCUT2D eigenvalue weighted by molar-refractivity contribution is 0.215. The molecule has 18 heavy (non-hydrogen) atoms. The Morgan fingerprint density at radius 1 is 1.50 bits per heavy atom. The molecular formula is C14H28N4. The summed E-state index contributed by atoms with van der Waals surface area (Å²) in [5, 5.41) is 12.4. The van der Waals surface area contributed by atoms with E-state index < -0.39 is 0 Å². The molecule has 0 spiro atoms. The molecule has 0 radical (unpaired) electrons. The standard InChI is InChI=1S/C14H28N4/c1-12(2)16-13(10-15)7-9-17(3)11-14-6-5-8-18(14)4/h12-14,16H,5-9,11H2,1-4H3. The van der Waals surface area contributed by atoms with Crippen LogP contribution in [0.1, 0.15) is 33.1 Å². The molecule has 1 aliphatic rings. The first-order valence-electron chi connectivity index (χ1n) is 7.07. The van der Waals surface area contributed by atoms with E-state index in [0.717, 1.165) is 19.5 Å². The number of likely N-dealkylation sites (N-methyl/N-ethyl adjacent to an activating group) is 2. The Kier molecular flexibility index (Phi) is 6.62. The molecule has 1 fully saturated rings. The number of hydrogen-bond acceptors (Lipinski definition) is 4. The summed E-state index contributed by atoms with van der Waals surface area (Å²) in [6, 6.07) is 3.40. The lowest BCUT2D eigenvalue weighted by Crippen LogP contribution is -2.40.